The highest BCUT2D eigenvalue weighted by Crippen LogP contribution is 2.03. The normalized spacial score (nSPS) is 13.5. The molecule has 0 bridgehead atoms. The molecule has 184 valence electrons. The van der Waals surface area contributed by atoms with Crippen LogP contribution in [-0.4, -0.2) is 72.5 Å². The van der Waals surface area contributed by atoms with Gasteiger partial charge in [-0.15, -0.1) is 0 Å². The predicted octanol–water partition coefficient (Wildman–Crippen LogP) is -2.68. The molecule has 0 fully saturated rings. The number of hydrogen-bond donors (Lipinski definition) is 8. The summed E-state index contributed by atoms with van der Waals surface area (Å²) in [7, 11) is 0. The lowest BCUT2D eigenvalue weighted by atomic mass is 10.0. The zero-order valence-corrected chi connectivity index (χ0v) is 18.8. The minimum absolute atomic E-state index is 0.0910. The number of carboxylic acids is 1. The predicted molar refractivity (Wildman–Crippen MR) is 120 cm³/mol. The van der Waals surface area contributed by atoms with E-state index in [1.54, 1.807) is 13.8 Å². The number of carbonyl (C=O) groups is 4. The van der Waals surface area contributed by atoms with Gasteiger partial charge in [-0.25, -0.2) is 4.79 Å². The summed E-state index contributed by atoms with van der Waals surface area (Å²) < 4.78 is 0. The third-order valence-electron chi connectivity index (χ3n) is 4.56. The molecule has 0 rings (SSSR count). The smallest absolute Gasteiger partial charge is 0.326 e. The van der Waals surface area contributed by atoms with Crippen LogP contribution in [0.25, 0.3) is 0 Å². The van der Waals surface area contributed by atoms with Gasteiger partial charge < -0.3 is 44.0 Å². The molecule has 3 amide bonds. The molecule has 13 heteroatoms. The number of nitrogens with zero attached hydrogens (tertiary/aromatic N) is 1. The molecule has 0 aromatic carbocycles. The molecule has 0 saturated carbocycles. The molecule has 3 atom stereocenters. The monoisotopic (exact) mass is 458 g/mol. The highest BCUT2D eigenvalue weighted by Gasteiger charge is 2.26. The van der Waals surface area contributed by atoms with Crippen molar-refractivity contribution in [2.45, 2.75) is 64.1 Å². The Bertz CT molecular complexity index is 652. The van der Waals surface area contributed by atoms with Crippen molar-refractivity contribution in [1.82, 2.24) is 16.0 Å². The van der Waals surface area contributed by atoms with Crippen LogP contribution < -0.4 is 38.9 Å². The number of rotatable bonds is 16. The zero-order chi connectivity index (χ0) is 24.7. The van der Waals surface area contributed by atoms with Gasteiger partial charge in [0.05, 0.1) is 12.6 Å². The lowest BCUT2D eigenvalue weighted by molar-refractivity contribution is -0.143. The molecule has 32 heavy (non-hydrogen) atoms. The number of nitrogens with two attached hydrogens (primary N) is 4. The van der Waals surface area contributed by atoms with Gasteiger partial charge in [0, 0.05) is 6.54 Å². The van der Waals surface area contributed by atoms with E-state index in [0.717, 1.165) is 6.42 Å². The first-order valence-electron chi connectivity index (χ1n) is 10.6. The Morgan fingerprint density at radius 3 is 2.16 bits per heavy atom. The Morgan fingerprint density at radius 2 is 1.62 bits per heavy atom. The Balaban J connectivity index is 4.94. The highest BCUT2D eigenvalue weighted by molar-refractivity contribution is 5.92. The Labute approximate surface area is 188 Å². The molecule has 0 aliphatic heterocycles. The summed E-state index contributed by atoms with van der Waals surface area (Å²) >= 11 is 0. The number of nitrogens with one attached hydrogen (secondary N) is 3. The molecular weight excluding hydrogens is 420 g/mol. The van der Waals surface area contributed by atoms with Crippen LogP contribution in [0.4, 0.5) is 0 Å². The summed E-state index contributed by atoms with van der Waals surface area (Å²) in [5.74, 6) is -3.37. The van der Waals surface area contributed by atoms with Crippen LogP contribution in [0.3, 0.4) is 0 Å². The molecule has 0 saturated heterocycles. The molecule has 12 N–H and O–H groups in total. The highest BCUT2D eigenvalue weighted by atomic mass is 16.4. The first-order valence-corrected chi connectivity index (χ1v) is 10.6. The summed E-state index contributed by atoms with van der Waals surface area (Å²) in [5.41, 5.74) is 21.9. The van der Waals surface area contributed by atoms with E-state index in [9.17, 15) is 19.2 Å². The number of aliphatic imine (C=N–C) groups is 1. The van der Waals surface area contributed by atoms with Crippen LogP contribution in [-0.2, 0) is 19.2 Å². The average molecular weight is 459 g/mol. The molecular formula is C19H38N8O5. The quantitative estimate of drug-likeness (QED) is 0.0681. The molecule has 0 aromatic rings. The number of unbranched alkanes of at least 4 members (excludes halogenated alkanes) is 1. The Morgan fingerprint density at radius 1 is 0.969 bits per heavy atom. The van der Waals surface area contributed by atoms with Crippen LogP contribution in [0, 0.1) is 5.92 Å². The van der Waals surface area contributed by atoms with Crippen LogP contribution in [0.1, 0.15) is 46.0 Å². The van der Waals surface area contributed by atoms with E-state index in [-0.39, 0.29) is 24.8 Å². The Hall–Kier alpha value is -2.93. The second kappa shape index (κ2) is 15.8. The minimum atomic E-state index is -1.17. The van der Waals surface area contributed by atoms with Crippen molar-refractivity contribution < 1.29 is 24.3 Å². The standard InChI is InChI=1S/C19H38N8O5/c1-11(2)15(18(31)32)27-14(28)10-25-17(30)13(7-5-9-24-19(22)23)26-16(29)12(21)6-3-4-8-20/h11-13,15H,3-10,20-21H2,1-2H3,(H,25,30)(H,26,29)(H,27,28)(H,31,32)(H4,22,23,24). The van der Waals surface area contributed by atoms with Crippen molar-refractivity contribution >= 4 is 29.7 Å². The molecule has 0 aliphatic carbocycles. The molecule has 0 spiro atoms. The number of carbonyl (C=O) groups excluding carboxylic acids is 3. The Kier molecular flexibility index (Phi) is 14.4. The van der Waals surface area contributed by atoms with Gasteiger partial charge in [-0.3, -0.25) is 19.4 Å². The van der Waals surface area contributed by atoms with Crippen LogP contribution in [0.2, 0.25) is 0 Å². The maximum absolute atomic E-state index is 12.6. The lowest BCUT2D eigenvalue weighted by Crippen LogP contribution is -2.53. The van der Waals surface area contributed by atoms with Crippen molar-refractivity contribution in [3.05, 3.63) is 0 Å². The number of hydrogen-bond acceptors (Lipinski definition) is 7. The van der Waals surface area contributed by atoms with E-state index in [2.05, 4.69) is 20.9 Å². The molecule has 13 nitrogen and oxygen atoms in total. The molecule has 0 radical (unpaired) electrons. The summed E-state index contributed by atoms with van der Waals surface area (Å²) in [6, 6.07) is -2.85. The van der Waals surface area contributed by atoms with Gasteiger partial charge in [0.2, 0.25) is 17.7 Å². The third-order valence-corrected chi connectivity index (χ3v) is 4.56. The average Bonchev–Trinajstić information content (AvgIpc) is 2.71. The van der Waals surface area contributed by atoms with Crippen molar-refractivity contribution in [1.29, 1.82) is 0 Å². The number of guanidine groups is 1. The van der Waals surface area contributed by atoms with E-state index in [4.69, 9.17) is 28.0 Å². The van der Waals surface area contributed by atoms with Crippen LogP contribution in [0.5, 0.6) is 0 Å². The van der Waals surface area contributed by atoms with Crippen molar-refractivity contribution in [3.8, 4) is 0 Å². The summed E-state index contributed by atoms with van der Waals surface area (Å²) in [6.45, 7) is 3.59. The van der Waals surface area contributed by atoms with Crippen molar-refractivity contribution in [2.75, 3.05) is 19.6 Å². The lowest BCUT2D eigenvalue weighted by Gasteiger charge is -2.21. The van der Waals surface area contributed by atoms with Crippen LogP contribution >= 0.6 is 0 Å². The second-order valence-corrected chi connectivity index (χ2v) is 7.75. The van der Waals surface area contributed by atoms with E-state index in [0.29, 0.717) is 25.8 Å². The van der Waals surface area contributed by atoms with Crippen molar-refractivity contribution in [2.24, 2.45) is 33.8 Å². The third kappa shape index (κ3) is 12.7. The van der Waals surface area contributed by atoms with Gasteiger partial charge in [-0.1, -0.05) is 20.3 Å². The van der Waals surface area contributed by atoms with E-state index in [1.165, 1.54) is 0 Å². The molecule has 0 heterocycles. The fourth-order valence-electron chi connectivity index (χ4n) is 2.72. The first kappa shape index (κ1) is 29.1. The van der Waals surface area contributed by atoms with Gasteiger partial charge in [-0.2, -0.15) is 0 Å². The summed E-state index contributed by atoms with van der Waals surface area (Å²) in [4.78, 5) is 52.0. The van der Waals surface area contributed by atoms with E-state index >= 15 is 0 Å². The van der Waals surface area contributed by atoms with Gasteiger partial charge in [-0.05, 0) is 38.1 Å². The fourth-order valence-corrected chi connectivity index (χ4v) is 2.72. The first-order chi connectivity index (χ1) is 15.0. The number of carboxylic acid groups (broad SMARTS) is 1. The summed E-state index contributed by atoms with van der Waals surface area (Å²) in [5, 5.41) is 16.5. The summed E-state index contributed by atoms with van der Waals surface area (Å²) in [6.07, 6.45) is 2.41. The molecule has 3 unspecified atom stereocenters. The van der Waals surface area contributed by atoms with Crippen LogP contribution in [0.15, 0.2) is 4.99 Å². The largest absolute Gasteiger partial charge is 0.480 e. The van der Waals surface area contributed by atoms with Gasteiger partial charge in [0.25, 0.3) is 0 Å². The number of amides is 3. The number of aliphatic carboxylic acids is 1. The van der Waals surface area contributed by atoms with E-state index in [1.807, 2.05) is 0 Å². The SMILES string of the molecule is CC(C)C(NC(=O)CNC(=O)C(CCCN=C(N)N)NC(=O)C(N)CCCCN)C(=O)O. The minimum Gasteiger partial charge on any atom is -0.480 e. The molecule has 0 aromatic heterocycles. The van der Waals surface area contributed by atoms with Gasteiger partial charge >= 0.3 is 5.97 Å². The second-order valence-electron chi connectivity index (χ2n) is 7.75. The molecule has 0 aliphatic rings. The van der Waals surface area contributed by atoms with E-state index < -0.39 is 48.4 Å². The maximum atomic E-state index is 12.6. The van der Waals surface area contributed by atoms with Gasteiger partial charge in [0.1, 0.15) is 12.1 Å². The van der Waals surface area contributed by atoms with Crippen molar-refractivity contribution in [3.63, 3.8) is 0 Å². The maximum Gasteiger partial charge on any atom is 0.326 e. The zero-order valence-electron chi connectivity index (χ0n) is 18.8. The fraction of sp³-hybridized carbons (Fsp3) is 0.737. The topological polar surface area (TPSA) is 241 Å². The van der Waals surface area contributed by atoms with Gasteiger partial charge in [0.15, 0.2) is 5.96 Å².